The number of fused-ring (bicyclic) bond motifs is 1. The number of anilines is 1. The zero-order valence-corrected chi connectivity index (χ0v) is 33.4. The van der Waals surface area contributed by atoms with Crippen LogP contribution in [-0.4, -0.2) is 61.9 Å². The van der Waals surface area contributed by atoms with Crippen molar-refractivity contribution in [1.82, 2.24) is 19.6 Å². The normalized spacial score (nSPS) is 16.5. The predicted molar refractivity (Wildman–Crippen MR) is 217 cm³/mol. The molecule has 3 aromatic carbocycles. The first kappa shape index (κ1) is 37.7. The molecule has 9 nitrogen and oxygen atoms in total. The molecule has 0 spiro atoms. The van der Waals surface area contributed by atoms with E-state index in [9.17, 15) is 13.2 Å². The third kappa shape index (κ3) is 7.92. The number of sulfonamides is 1. The van der Waals surface area contributed by atoms with Crippen molar-refractivity contribution in [3.05, 3.63) is 117 Å². The van der Waals surface area contributed by atoms with Crippen LogP contribution in [-0.2, 0) is 10.0 Å². The Morgan fingerprint density at radius 3 is 2.43 bits per heavy atom. The van der Waals surface area contributed by atoms with E-state index in [1.807, 2.05) is 56.3 Å². The lowest BCUT2D eigenvalue weighted by Crippen LogP contribution is -2.47. The van der Waals surface area contributed by atoms with Crippen LogP contribution in [0.1, 0.15) is 71.3 Å². The number of hydrogen-bond acceptors (Lipinski definition) is 7. The molecule has 54 heavy (non-hydrogen) atoms. The number of H-pyrrole nitrogens is 1. The lowest BCUT2D eigenvalue weighted by molar-refractivity contribution is 0.0979. The van der Waals surface area contributed by atoms with Crippen molar-refractivity contribution in [1.29, 1.82) is 0 Å². The van der Waals surface area contributed by atoms with Crippen molar-refractivity contribution in [2.75, 3.05) is 37.6 Å². The average Bonchev–Trinajstić information content (AvgIpc) is 3.60. The third-order valence-electron chi connectivity index (χ3n) is 11.1. The first-order valence-electron chi connectivity index (χ1n) is 18.5. The van der Waals surface area contributed by atoms with Gasteiger partial charge in [0.05, 0.1) is 16.7 Å². The van der Waals surface area contributed by atoms with Gasteiger partial charge in [-0.2, -0.15) is 0 Å². The lowest BCUT2D eigenvalue weighted by atomic mass is 9.72. The number of hydrogen-bond donors (Lipinski definition) is 2. The molecule has 2 N–H and O–H groups in total. The largest absolute Gasteiger partial charge is 0.455 e. The lowest BCUT2D eigenvalue weighted by Gasteiger charge is -2.39. The molecule has 0 saturated carbocycles. The highest BCUT2D eigenvalue weighted by Crippen LogP contribution is 2.43. The topological polar surface area (TPSA) is 108 Å². The number of rotatable bonds is 9. The molecule has 0 atom stereocenters. The van der Waals surface area contributed by atoms with E-state index in [-0.39, 0.29) is 21.6 Å². The van der Waals surface area contributed by atoms with E-state index in [0.717, 1.165) is 72.8 Å². The fourth-order valence-corrected chi connectivity index (χ4v) is 9.50. The Kier molecular flexibility index (Phi) is 10.4. The van der Waals surface area contributed by atoms with E-state index in [1.165, 1.54) is 23.1 Å². The third-order valence-corrected chi connectivity index (χ3v) is 13.0. The zero-order valence-electron chi connectivity index (χ0n) is 31.8. The number of carbonyl (C=O) groups excluding carboxylic acids is 1. The molecule has 0 unspecified atom stereocenters. The molecule has 1 amide bonds. The fraction of sp³-hybridized carbons (Fsp3) is 0.349. The van der Waals surface area contributed by atoms with Gasteiger partial charge in [0.1, 0.15) is 17.1 Å². The zero-order chi connectivity index (χ0) is 38.4. The summed E-state index contributed by atoms with van der Waals surface area (Å²) in [5, 5.41) is 1.60. The summed E-state index contributed by atoms with van der Waals surface area (Å²) in [7, 11) is -4.20. The Labute approximate surface area is 323 Å². The van der Waals surface area contributed by atoms with Gasteiger partial charge in [-0.15, -0.1) is 0 Å². The predicted octanol–water partition coefficient (Wildman–Crippen LogP) is 9.15. The second-order valence-electron chi connectivity index (χ2n) is 15.6. The molecule has 0 bridgehead atoms. The van der Waals surface area contributed by atoms with Crippen LogP contribution in [0.2, 0.25) is 5.02 Å². The van der Waals surface area contributed by atoms with Crippen LogP contribution in [0.4, 0.5) is 5.69 Å². The van der Waals surface area contributed by atoms with Gasteiger partial charge in [0.25, 0.3) is 15.9 Å². The molecule has 0 radical (unpaired) electrons. The van der Waals surface area contributed by atoms with Crippen LogP contribution < -0.4 is 14.4 Å². The summed E-state index contributed by atoms with van der Waals surface area (Å²) in [5.74, 6) is -0.0906. The van der Waals surface area contributed by atoms with Crippen LogP contribution in [0.25, 0.3) is 16.6 Å². The van der Waals surface area contributed by atoms with Gasteiger partial charge in [-0.05, 0) is 122 Å². The van der Waals surface area contributed by atoms with Crippen LogP contribution >= 0.6 is 11.6 Å². The maximum atomic E-state index is 13.9. The Bertz CT molecular complexity index is 2380. The monoisotopic (exact) mass is 765 g/mol. The number of benzene rings is 3. The average molecular weight is 766 g/mol. The highest BCUT2D eigenvalue weighted by molar-refractivity contribution is 7.90. The molecule has 7 rings (SSSR count). The standard InChI is InChI=1S/C43H48ClN5O4S/c1-27-21-28(2)40(30(4)29(27)3)54(51,52)47-42(50)37-12-11-35(23-39(37)53-36-22-32-14-16-45-41(32)46-25-36)49-19-17-48(18-20-49)26-33-13-15-43(5,6)24-38(33)31-7-9-34(44)10-8-31/h7-12,14,16,21-23,25H,13,15,17-20,24,26H2,1-6H3,(H,45,46)(H,47,50). The number of amides is 1. The van der Waals surface area contributed by atoms with Gasteiger partial charge in [-0.25, -0.2) is 18.1 Å². The van der Waals surface area contributed by atoms with Gasteiger partial charge < -0.3 is 14.6 Å². The van der Waals surface area contributed by atoms with E-state index < -0.39 is 15.9 Å². The Morgan fingerprint density at radius 1 is 0.944 bits per heavy atom. The number of pyridine rings is 1. The number of carbonyl (C=O) groups is 1. The molecule has 3 heterocycles. The van der Waals surface area contributed by atoms with E-state index in [4.69, 9.17) is 16.3 Å². The molecular formula is C43H48ClN5O4S. The summed E-state index contributed by atoms with van der Waals surface area (Å²) in [4.78, 5) is 26.3. The quantitative estimate of drug-likeness (QED) is 0.154. The summed E-state index contributed by atoms with van der Waals surface area (Å²) in [6.45, 7) is 16.3. The number of aromatic amines is 1. The molecule has 1 aliphatic carbocycles. The van der Waals surface area contributed by atoms with E-state index in [1.54, 1.807) is 32.3 Å². The maximum Gasteiger partial charge on any atom is 0.268 e. The SMILES string of the molecule is Cc1cc(C)c(S(=O)(=O)NC(=O)c2ccc(N3CCN(CC4=C(c5ccc(Cl)cc5)CC(C)(C)CC4)CC3)cc2Oc2cnc3[nH]ccc3c2)c(C)c1C. The molecule has 1 fully saturated rings. The summed E-state index contributed by atoms with van der Waals surface area (Å²) in [6, 6.07) is 19.2. The Hall–Kier alpha value is -4.64. The van der Waals surface area contributed by atoms with Gasteiger partial charge in [0.15, 0.2) is 0 Å². The number of nitrogens with one attached hydrogen (secondary N) is 2. The molecule has 5 aromatic rings. The van der Waals surface area contributed by atoms with Crippen LogP contribution in [0.3, 0.4) is 0 Å². The van der Waals surface area contributed by atoms with Crippen molar-refractivity contribution in [2.24, 2.45) is 5.41 Å². The number of piperazine rings is 1. The van der Waals surface area contributed by atoms with Crippen LogP contribution in [0, 0.1) is 33.1 Å². The molecule has 2 aliphatic rings. The molecule has 282 valence electrons. The highest BCUT2D eigenvalue weighted by atomic mass is 35.5. The van der Waals surface area contributed by atoms with Gasteiger partial charge in [0.2, 0.25) is 0 Å². The van der Waals surface area contributed by atoms with Crippen LogP contribution in [0.5, 0.6) is 11.5 Å². The van der Waals surface area contributed by atoms with Crippen molar-refractivity contribution in [2.45, 2.75) is 65.7 Å². The highest BCUT2D eigenvalue weighted by Gasteiger charge is 2.30. The van der Waals surface area contributed by atoms with Crippen molar-refractivity contribution in [3.63, 3.8) is 0 Å². The molecular weight excluding hydrogens is 718 g/mol. The first-order chi connectivity index (χ1) is 25.7. The number of aryl methyl sites for hydroxylation is 2. The van der Waals surface area contributed by atoms with Gasteiger partial charge >= 0.3 is 0 Å². The van der Waals surface area contributed by atoms with Crippen molar-refractivity contribution >= 4 is 49.8 Å². The van der Waals surface area contributed by atoms with Gasteiger partial charge in [0, 0.05) is 61.1 Å². The summed E-state index contributed by atoms with van der Waals surface area (Å²) in [6.07, 6.45) is 6.68. The maximum absolute atomic E-state index is 13.9. The van der Waals surface area contributed by atoms with Gasteiger partial charge in [-0.3, -0.25) is 9.69 Å². The molecule has 1 saturated heterocycles. The number of ether oxygens (including phenoxy) is 1. The minimum absolute atomic E-state index is 0.108. The summed E-state index contributed by atoms with van der Waals surface area (Å²) >= 11 is 6.24. The second kappa shape index (κ2) is 14.9. The molecule has 1 aliphatic heterocycles. The molecule has 2 aromatic heterocycles. The van der Waals surface area contributed by atoms with E-state index in [0.29, 0.717) is 22.5 Å². The number of allylic oxidation sites excluding steroid dienone is 1. The molecule has 11 heteroatoms. The fourth-order valence-electron chi connectivity index (χ4n) is 7.88. The number of halogens is 1. The van der Waals surface area contributed by atoms with Gasteiger partial charge in [-0.1, -0.05) is 49.2 Å². The van der Waals surface area contributed by atoms with E-state index >= 15 is 0 Å². The first-order valence-corrected chi connectivity index (χ1v) is 20.4. The minimum atomic E-state index is -4.20. The summed E-state index contributed by atoms with van der Waals surface area (Å²) in [5.41, 5.74) is 9.24. The second-order valence-corrected chi connectivity index (χ2v) is 17.6. The smallest absolute Gasteiger partial charge is 0.268 e. The number of nitrogens with zero attached hydrogens (tertiary/aromatic N) is 3. The van der Waals surface area contributed by atoms with Crippen LogP contribution in [0.15, 0.2) is 83.5 Å². The number of aromatic nitrogens is 2. The Balaban J connectivity index is 1.13. The van der Waals surface area contributed by atoms with E-state index in [2.05, 4.69) is 50.5 Å². The van der Waals surface area contributed by atoms with Crippen molar-refractivity contribution in [3.8, 4) is 11.5 Å². The Morgan fingerprint density at radius 2 is 1.69 bits per heavy atom. The van der Waals surface area contributed by atoms with Crippen molar-refractivity contribution < 1.29 is 17.9 Å². The summed E-state index contributed by atoms with van der Waals surface area (Å²) < 4.78 is 36.2. The minimum Gasteiger partial charge on any atom is -0.455 e.